The van der Waals surface area contributed by atoms with E-state index in [1.165, 1.54) is 6.33 Å². The molecule has 0 aliphatic rings. The lowest BCUT2D eigenvalue weighted by atomic mass is 10.2. The maximum atomic E-state index is 9.65. The van der Waals surface area contributed by atoms with Crippen LogP contribution in [0.5, 0.6) is 5.75 Å². The van der Waals surface area contributed by atoms with Gasteiger partial charge in [-0.15, -0.1) is 0 Å². The maximum absolute atomic E-state index is 9.65. The van der Waals surface area contributed by atoms with Gasteiger partial charge in [0.1, 0.15) is 30.0 Å². The van der Waals surface area contributed by atoms with Crippen LogP contribution in [0, 0.1) is 11.3 Å². The highest BCUT2D eigenvalue weighted by Gasteiger charge is 2.20. The van der Waals surface area contributed by atoms with E-state index in [0.29, 0.717) is 11.4 Å². The molecule has 0 saturated carbocycles. The average Bonchev–Trinajstić information content (AvgIpc) is 3.21. The van der Waals surface area contributed by atoms with Gasteiger partial charge in [-0.05, 0) is 30.3 Å². The molecule has 0 spiro atoms. The number of nitriles is 1. The molecule has 2 aromatic heterocycles. The van der Waals surface area contributed by atoms with Crippen LogP contribution in [-0.4, -0.2) is 24.4 Å². The molecule has 4 aromatic rings. The summed E-state index contributed by atoms with van der Waals surface area (Å²) in [7, 11) is 0. The Hall–Kier alpha value is -3.59. The van der Waals surface area contributed by atoms with Crippen LogP contribution in [0.3, 0.4) is 0 Å². The van der Waals surface area contributed by atoms with Crippen molar-refractivity contribution in [3.05, 3.63) is 66.7 Å². The fraction of sp³-hybridized carbons (Fsp3) is 0. The molecule has 23 heavy (non-hydrogen) atoms. The molecule has 0 saturated heterocycles. The van der Waals surface area contributed by atoms with Crippen LogP contribution in [0.4, 0.5) is 0 Å². The van der Waals surface area contributed by atoms with Gasteiger partial charge in [0.15, 0.2) is 5.82 Å². The highest BCUT2D eigenvalue weighted by atomic mass is 16.3. The zero-order chi connectivity index (χ0) is 15.8. The Labute approximate surface area is 131 Å². The number of aromatic hydroxyl groups is 1. The van der Waals surface area contributed by atoms with E-state index in [-0.39, 0.29) is 5.75 Å². The summed E-state index contributed by atoms with van der Waals surface area (Å²) in [5.41, 5.74) is 2.24. The topological polar surface area (TPSA) is 79.7 Å². The maximum Gasteiger partial charge on any atom is 0.159 e. The molecule has 2 heterocycles. The second-order valence-electron chi connectivity index (χ2n) is 5.02. The van der Waals surface area contributed by atoms with Crippen LogP contribution in [0.2, 0.25) is 0 Å². The van der Waals surface area contributed by atoms with Crippen LogP contribution < -0.4 is 0 Å². The van der Waals surface area contributed by atoms with Crippen LogP contribution in [0.25, 0.3) is 22.4 Å². The van der Waals surface area contributed by atoms with Crippen LogP contribution in [0.15, 0.2) is 61.2 Å². The standard InChI is InChI=1S/C17H11N5O/c18-9-15-14-3-1-2-4-16(14)22(12-5-7-13(23)8-6-12)17(15)21-11-19-10-20-21/h1-8,10-11,23H. The van der Waals surface area contributed by atoms with Gasteiger partial charge < -0.3 is 5.11 Å². The molecule has 4 rings (SSSR count). The van der Waals surface area contributed by atoms with Gasteiger partial charge in [-0.25, -0.2) is 9.67 Å². The lowest BCUT2D eigenvalue weighted by Crippen LogP contribution is -2.05. The monoisotopic (exact) mass is 301 g/mol. The normalized spacial score (nSPS) is 10.7. The number of phenolic OH excluding ortho intramolecular Hbond substituents is 1. The van der Waals surface area contributed by atoms with Gasteiger partial charge in [0.05, 0.1) is 5.52 Å². The molecule has 6 nitrogen and oxygen atoms in total. The average molecular weight is 301 g/mol. The Bertz CT molecular complexity index is 1020. The molecule has 0 unspecified atom stereocenters. The molecule has 0 bridgehead atoms. The first-order chi connectivity index (χ1) is 11.3. The SMILES string of the molecule is N#Cc1c(-n2cncn2)n(-c2ccc(O)cc2)c2ccccc12. The molecule has 0 aliphatic heterocycles. The Balaban J connectivity index is 2.15. The Morgan fingerprint density at radius 1 is 1.04 bits per heavy atom. The van der Waals surface area contributed by atoms with Crippen LogP contribution in [-0.2, 0) is 0 Å². The van der Waals surface area contributed by atoms with Gasteiger partial charge in [0.25, 0.3) is 0 Å². The van der Waals surface area contributed by atoms with Crippen molar-refractivity contribution >= 4 is 10.9 Å². The van der Waals surface area contributed by atoms with Gasteiger partial charge in [-0.3, -0.25) is 4.57 Å². The lowest BCUT2D eigenvalue weighted by Gasteiger charge is -2.10. The second-order valence-corrected chi connectivity index (χ2v) is 5.02. The number of benzene rings is 2. The minimum absolute atomic E-state index is 0.188. The first-order valence-corrected chi connectivity index (χ1v) is 6.97. The van der Waals surface area contributed by atoms with E-state index >= 15 is 0 Å². The lowest BCUT2D eigenvalue weighted by molar-refractivity contribution is 0.475. The Morgan fingerprint density at radius 3 is 2.52 bits per heavy atom. The summed E-state index contributed by atoms with van der Waals surface area (Å²) in [6.45, 7) is 0. The number of aromatic nitrogens is 4. The molecule has 0 atom stereocenters. The highest BCUT2D eigenvalue weighted by molar-refractivity contribution is 5.92. The fourth-order valence-electron chi connectivity index (χ4n) is 2.73. The molecule has 0 aliphatic carbocycles. The number of rotatable bonds is 2. The van der Waals surface area contributed by atoms with Crippen molar-refractivity contribution in [2.75, 3.05) is 0 Å². The molecule has 6 heteroatoms. The minimum atomic E-state index is 0.188. The number of fused-ring (bicyclic) bond motifs is 1. The molecule has 0 fully saturated rings. The van der Waals surface area contributed by atoms with E-state index in [0.717, 1.165) is 16.6 Å². The number of phenols is 1. The van der Waals surface area contributed by atoms with Crippen LogP contribution in [0.1, 0.15) is 5.56 Å². The van der Waals surface area contributed by atoms with Crippen molar-refractivity contribution in [1.82, 2.24) is 19.3 Å². The third kappa shape index (κ3) is 1.95. The summed E-state index contributed by atoms with van der Waals surface area (Å²) >= 11 is 0. The first-order valence-electron chi connectivity index (χ1n) is 6.97. The van der Waals surface area contributed by atoms with Crippen molar-refractivity contribution in [1.29, 1.82) is 5.26 Å². The molecular weight excluding hydrogens is 290 g/mol. The molecule has 1 N–H and O–H groups in total. The van der Waals surface area contributed by atoms with E-state index in [2.05, 4.69) is 16.2 Å². The van der Waals surface area contributed by atoms with Crippen molar-refractivity contribution < 1.29 is 5.11 Å². The highest BCUT2D eigenvalue weighted by Crippen LogP contribution is 2.31. The van der Waals surface area contributed by atoms with Gasteiger partial charge in [-0.2, -0.15) is 10.4 Å². The summed E-state index contributed by atoms with van der Waals surface area (Å²) in [6.07, 6.45) is 2.99. The molecule has 0 radical (unpaired) electrons. The summed E-state index contributed by atoms with van der Waals surface area (Å²) in [6, 6.07) is 16.8. The van der Waals surface area contributed by atoms with Crippen molar-refractivity contribution in [3.8, 4) is 23.3 Å². The van der Waals surface area contributed by atoms with Gasteiger partial charge in [-0.1, -0.05) is 18.2 Å². The van der Waals surface area contributed by atoms with E-state index < -0.39 is 0 Å². The summed E-state index contributed by atoms with van der Waals surface area (Å²) in [5.74, 6) is 0.810. The van der Waals surface area contributed by atoms with Crippen LogP contribution >= 0.6 is 0 Å². The molecular formula is C17H11N5O. The summed E-state index contributed by atoms with van der Waals surface area (Å²) in [5, 5.41) is 24.2. The van der Waals surface area contributed by atoms with E-state index in [9.17, 15) is 10.4 Å². The van der Waals surface area contributed by atoms with E-state index in [1.54, 1.807) is 35.3 Å². The largest absolute Gasteiger partial charge is 0.508 e. The number of hydrogen-bond donors (Lipinski definition) is 1. The van der Waals surface area contributed by atoms with Gasteiger partial charge in [0.2, 0.25) is 0 Å². The fourth-order valence-corrected chi connectivity index (χ4v) is 2.73. The predicted octanol–water partition coefficient (Wildman–Crippen LogP) is 2.79. The van der Waals surface area contributed by atoms with Crippen molar-refractivity contribution in [2.24, 2.45) is 0 Å². The quantitative estimate of drug-likeness (QED) is 0.617. The van der Waals surface area contributed by atoms with Crippen molar-refractivity contribution in [2.45, 2.75) is 0 Å². The van der Waals surface area contributed by atoms with Crippen molar-refractivity contribution in [3.63, 3.8) is 0 Å². The smallest absolute Gasteiger partial charge is 0.159 e. The first kappa shape index (κ1) is 13.1. The summed E-state index contributed by atoms with van der Waals surface area (Å²) < 4.78 is 3.51. The van der Waals surface area contributed by atoms with Gasteiger partial charge in [0, 0.05) is 11.1 Å². The number of hydrogen-bond acceptors (Lipinski definition) is 4. The minimum Gasteiger partial charge on any atom is -0.508 e. The number of para-hydroxylation sites is 1. The Kier molecular flexibility index (Phi) is 2.85. The Morgan fingerprint density at radius 2 is 1.83 bits per heavy atom. The predicted molar refractivity (Wildman–Crippen MR) is 84.6 cm³/mol. The van der Waals surface area contributed by atoms with E-state index in [1.807, 2.05) is 28.8 Å². The van der Waals surface area contributed by atoms with E-state index in [4.69, 9.17) is 0 Å². The third-order valence-electron chi connectivity index (χ3n) is 3.71. The third-order valence-corrected chi connectivity index (χ3v) is 3.71. The summed E-state index contributed by atoms with van der Waals surface area (Å²) in [4.78, 5) is 3.98. The number of nitrogens with zero attached hydrogens (tertiary/aromatic N) is 5. The zero-order valence-corrected chi connectivity index (χ0v) is 12.0. The molecule has 0 amide bonds. The van der Waals surface area contributed by atoms with Gasteiger partial charge >= 0.3 is 0 Å². The second kappa shape index (κ2) is 5.00. The molecule has 2 aromatic carbocycles. The zero-order valence-electron chi connectivity index (χ0n) is 12.0. The molecule has 110 valence electrons.